The minimum absolute atomic E-state index is 0.0633. The number of benzene rings is 2. The highest BCUT2D eigenvalue weighted by Crippen LogP contribution is 2.36. The van der Waals surface area contributed by atoms with Crippen molar-refractivity contribution < 1.29 is 23.5 Å². The first-order valence-electron chi connectivity index (χ1n) is 19.3. The van der Waals surface area contributed by atoms with Crippen LogP contribution in [0.1, 0.15) is 60.9 Å². The number of anilines is 2. The number of cyclic esters (lactones) is 1. The van der Waals surface area contributed by atoms with E-state index in [4.69, 9.17) is 14.8 Å². The number of ether oxygens (including phenoxy) is 1. The van der Waals surface area contributed by atoms with E-state index in [9.17, 15) is 18.8 Å². The highest BCUT2D eigenvalue weighted by Gasteiger charge is 2.42. The van der Waals surface area contributed by atoms with E-state index >= 15 is 0 Å². The molecule has 6 heterocycles. The fourth-order valence-corrected chi connectivity index (χ4v) is 8.34. The Morgan fingerprint density at radius 3 is 2.52 bits per heavy atom. The van der Waals surface area contributed by atoms with Crippen molar-refractivity contribution in [1.82, 2.24) is 29.4 Å². The molecule has 284 valence electrons. The number of ketones is 2. The van der Waals surface area contributed by atoms with Crippen molar-refractivity contribution in [2.45, 2.75) is 50.3 Å². The number of fused-ring (bicyclic) bond motifs is 1. The lowest BCUT2D eigenvalue weighted by Crippen LogP contribution is -2.46. The van der Waals surface area contributed by atoms with Gasteiger partial charge in [0, 0.05) is 44.7 Å². The Bertz CT molecular complexity index is 2380. The summed E-state index contributed by atoms with van der Waals surface area (Å²) in [4.78, 5) is 54.8. The lowest BCUT2D eigenvalue weighted by molar-refractivity contribution is -0.133. The number of carbonyl (C=O) groups excluding carboxylic acids is 3. The second kappa shape index (κ2) is 15.2. The first kappa shape index (κ1) is 35.6. The lowest BCUT2D eigenvalue weighted by atomic mass is 9.92. The third-order valence-electron chi connectivity index (χ3n) is 11.3. The standard InChI is InChI=1S/C43H41FN8O4/c44-32-10-2-8-30(25-32)35-12-5-19-50(35)42-17-16-40-45-27-37(52(40)47-42)34-11-3-13-41(46-34)49-22-20-48(21-23-49)18-4-7-29-6-1-9-31(24-29)39-28-51(43(55)56-39)36-15-14-33(53)26-38(36)54/h1-3,6,8-11,13,16-17,24-25,27,35-36,39H,5,12,14-15,18-23,26,28H2/t35-,36?,39-/m1/s1. The quantitative estimate of drug-likeness (QED) is 0.153. The molecule has 3 aliphatic heterocycles. The van der Waals surface area contributed by atoms with Crippen LogP contribution in [0.15, 0.2) is 85.1 Å². The summed E-state index contributed by atoms with van der Waals surface area (Å²) in [5.74, 6) is 7.80. The second-order valence-electron chi connectivity index (χ2n) is 14.8. The van der Waals surface area contributed by atoms with Crippen molar-refractivity contribution in [3.8, 4) is 23.2 Å². The molecule has 1 amide bonds. The molecule has 2 aromatic carbocycles. The van der Waals surface area contributed by atoms with Crippen LogP contribution in [0.2, 0.25) is 0 Å². The SMILES string of the molecule is O=C1CCC(N2C[C@H](c3cccc(C#CCN4CCN(c5cccc(-c6cnc7ccc(N8CCC[C@@H]8c8cccc(F)c8)nn67)n5)CC4)c3)OC2=O)C(=O)C1. The summed E-state index contributed by atoms with van der Waals surface area (Å²) >= 11 is 0. The van der Waals surface area contributed by atoms with Crippen molar-refractivity contribution >= 4 is 34.9 Å². The van der Waals surface area contributed by atoms with Crippen LogP contribution in [0.4, 0.5) is 20.8 Å². The molecule has 0 N–H and O–H groups in total. The zero-order valence-electron chi connectivity index (χ0n) is 30.9. The molecule has 3 aromatic heterocycles. The van der Waals surface area contributed by atoms with E-state index in [2.05, 4.69) is 31.5 Å². The maximum absolute atomic E-state index is 14.1. The number of imidazole rings is 1. The molecule has 4 fully saturated rings. The van der Waals surface area contributed by atoms with Gasteiger partial charge in [-0.1, -0.05) is 42.2 Å². The van der Waals surface area contributed by atoms with Crippen molar-refractivity contribution in [2.75, 3.05) is 55.6 Å². The number of nitrogens with zero attached hydrogens (tertiary/aromatic N) is 8. The monoisotopic (exact) mass is 752 g/mol. The van der Waals surface area contributed by atoms with Crippen LogP contribution in [-0.2, 0) is 14.3 Å². The highest BCUT2D eigenvalue weighted by atomic mass is 19.1. The number of hydrogen-bond acceptors (Lipinski definition) is 10. The van der Waals surface area contributed by atoms with Gasteiger partial charge in [-0.25, -0.2) is 23.7 Å². The van der Waals surface area contributed by atoms with Crippen LogP contribution in [0.5, 0.6) is 0 Å². The molecule has 1 saturated carbocycles. The first-order valence-corrected chi connectivity index (χ1v) is 19.3. The highest BCUT2D eigenvalue weighted by molar-refractivity contribution is 6.04. The Morgan fingerprint density at radius 2 is 1.66 bits per heavy atom. The van der Waals surface area contributed by atoms with Gasteiger partial charge < -0.3 is 14.5 Å². The fraction of sp³-hybridized carbons (Fsp3) is 0.349. The number of hydrogen-bond donors (Lipinski definition) is 0. The Balaban J connectivity index is 0.821. The first-order chi connectivity index (χ1) is 27.4. The van der Waals surface area contributed by atoms with Gasteiger partial charge in [-0.05, 0) is 78.9 Å². The van der Waals surface area contributed by atoms with Gasteiger partial charge in [-0.15, -0.1) is 5.10 Å². The molecule has 1 unspecified atom stereocenters. The maximum atomic E-state index is 14.1. The maximum Gasteiger partial charge on any atom is 0.411 e. The largest absolute Gasteiger partial charge is 0.439 e. The molecule has 0 radical (unpaired) electrons. The van der Waals surface area contributed by atoms with Gasteiger partial charge in [-0.3, -0.25) is 19.4 Å². The molecule has 1 aliphatic carbocycles. The van der Waals surface area contributed by atoms with E-state index in [-0.39, 0.29) is 36.4 Å². The second-order valence-corrected chi connectivity index (χ2v) is 14.8. The number of halogens is 1. The Kier molecular flexibility index (Phi) is 9.65. The van der Waals surface area contributed by atoms with Gasteiger partial charge in [0.05, 0.1) is 43.5 Å². The molecule has 0 bridgehead atoms. The zero-order chi connectivity index (χ0) is 38.2. The normalized spacial score (nSPS) is 21.8. The van der Waals surface area contributed by atoms with Gasteiger partial charge >= 0.3 is 6.09 Å². The number of rotatable bonds is 7. The van der Waals surface area contributed by atoms with Crippen LogP contribution in [0, 0.1) is 17.7 Å². The average molecular weight is 753 g/mol. The number of piperazine rings is 1. The zero-order valence-corrected chi connectivity index (χ0v) is 30.9. The molecule has 0 spiro atoms. The van der Waals surface area contributed by atoms with Gasteiger partial charge in [0.15, 0.2) is 11.4 Å². The third-order valence-corrected chi connectivity index (χ3v) is 11.3. The van der Waals surface area contributed by atoms with Gasteiger partial charge in [0.1, 0.15) is 35.0 Å². The number of amides is 1. The van der Waals surface area contributed by atoms with Crippen molar-refractivity contribution in [2.24, 2.45) is 0 Å². The average Bonchev–Trinajstić information content (AvgIpc) is 3.97. The Morgan fingerprint density at radius 1 is 0.821 bits per heavy atom. The van der Waals surface area contributed by atoms with E-state index in [1.807, 2.05) is 71.4 Å². The fourth-order valence-electron chi connectivity index (χ4n) is 8.34. The minimum Gasteiger partial charge on any atom is -0.439 e. The molecular weight excluding hydrogens is 712 g/mol. The summed E-state index contributed by atoms with van der Waals surface area (Å²) in [6, 6.07) is 24.0. The third kappa shape index (κ3) is 7.20. The van der Waals surface area contributed by atoms with E-state index in [1.165, 1.54) is 11.0 Å². The predicted molar refractivity (Wildman–Crippen MR) is 207 cm³/mol. The van der Waals surface area contributed by atoms with Crippen LogP contribution in [0.25, 0.3) is 17.0 Å². The molecule has 9 rings (SSSR count). The van der Waals surface area contributed by atoms with E-state index in [0.717, 1.165) is 90.9 Å². The van der Waals surface area contributed by atoms with Gasteiger partial charge in [-0.2, -0.15) is 0 Å². The summed E-state index contributed by atoms with van der Waals surface area (Å²) in [5.41, 5.74) is 4.95. The van der Waals surface area contributed by atoms with Crippen molar-refractivity contribution in [3.63, 3.8) is 0 Å². The van der Waals surface area contributed by atoms with Crippen LogP contribution in [-0.4, -0.2) is 98.9 Å². The van der Waals surface area contributed by atoms with Crippen molar-refractivity contribution in [3.05, 3.63) is 108 Å². The molecule has 3 atom stereocenters. The molecule has 3 saturated heterocycles. The van der Waals surface area contributed by atoms with Gasteiger partial charge in [0.25, 0.3) is 0 Å². The topological polar surface area (TPSA) is 116 Å². The molecular formula is C43H41FN8O4. The summed E-state index contributed by atoms with van der Waals surface area (Å²) in [7, 11) is 0. The van der Waals surface area contributed by atoms with Gasteiger partial charge in [0.2, 0.25) is 0 Å². The molecule has 4 aliphatic rings. The smallest absolute Gasteiger partial charge is 0.411 e. The van der Waals surface area contributed by atoms with Crippen LogP contribution >= 0.6 is 0 Å². The summed E-state index contributed by atoms with van der Waals surface area (Å²) in [6.07, 6.45) is 3.29. The molecule has 12 nitrogen and oxygen atoms in total. The predicted octanol–water partition coefficient (Wildman–Crippen LogP) is 5.63. The number of Topliss-reactive ketones (excluding diaryl/α,β-unsaturated/α-hetero) is 2. The summed E-state index contributed by atoms with van der Waals surface area (Å²) in [6.45, 7) is 5.02. The van der Waals surface area contributed by atoms with E-state index in [1.54, 1.807) is 12.1 Å². The lowest BCUT2D eigenvalue weighted by Gasteiger charge is -2.34. The minimum atomic E-state index is -0.597. The Labute approximate surface area is 323 Å². The molecule has 13 heteroatoms. The van der Waals surface area contributed by atoms with Crippen LogP contribution < -0.4 is 9.80 Å². The molecule has 5 aromatic rings. The van der Waals surface area contributed by atoms with E-state index < -0.39 is 18.2 Å². The number of carbonyl (C=O) groups is 3. The van der Waals surface area contributed by atoms with E-state index in [0.29, 0.717) is 19.4 Å². The number of pyridine rings is 1. The number of aromatic nitrogens is 4. The van der Waals surface area contributed by atoms with Crippen molar-refractivity contribution in [1.29, 1.82) is 0 Å². The van der Waals surface area contributed by atoms with Crippen LogP contribution in [0.3, 0.4) is 0 Å². The molecule has 56 heavy (non-hydrogen) atoms. The summed E-state index contributed by atoms with van der Waals surface area (Å²) in [5, 5.41) is 5.02. The summed E-state index contributed by atoms with van der Waals surface area (Å²) < 4.78 is 21.6. The Hall–Kier alpha value is -6.13.